The zero-order valence-electron chi connectivity index (χ0n) is 11.1. The van der Waals surface area contributed by atoms with Crippen LogP contribution in [0.2, 0.25) is 5.02 Å². The molecule has 0 saturated carbocycles. The summed E-state index contributed by atoms with van der Waals surface area (Å²) in [4.78, 5) is 0. The molecule has 0 amide bonds. The fourth-order valence-electron chi connectivity index (χ4n) is 1.94. The van der Waals surface area contributed by atoms with Gasteiger partial charge in [-0.05, 0) is 35.9 Å². The number of hydrogen-bond acceptors (Lipinski definition) is 3. The molecule has 2 rings (SSSR count). The third kappa shape index (κ3) is 2.86. The lowest BCUT2D eigenvalue weighted by Gasteiger charge is -2.16. The van der Waals surface area contributed by atoms with E-state index in [-0.39, 0.29) is 5.75 Å². The largest absolute Gasteiger partial charge is 0.496 e. The molecule has 0 radical (unpaired) electrons. The molecule has 1 atom stereocenters. The van der Waals surface area contributed by atoms with E-state index in [4.69, 9.17) is 21.1 Å². The molecule has 0 aromatic heterocycles. The van der Waals surface area contributed by atoms with Gasteiger partial charge in [0.25, 0.3) is 0 Å². The first-order valence-electron chi connectivity index (χ1n) is 5.91. The molecule has 2 aromatic carbocycles. The lowest BCUT2D eigenvalue weighted by molar-refractivity contribution is 0.214. The van der Waals surface area contributed by atoms with Gasteiger partial charge in [0.05, 0.1) is 14.2 Å². The summed E-state index contributed by atoms with van der Waals surface area (Å²) in [6.07, 6.45) is -0.988. The molecule has 0 aliphatic carbocycles. The molecule has 0 aliphatic heterocycles. The highest BCUT2D eigenvalue weighted by Gasteiger charge is 2.17. The van der Waals surface area contributed by atoms with E-state index in [2.05, 4.69) is 0 Å². The van der Waals surface area contributed by atoms with Gasteiger partial charge in [-0.3, -0.25) is 0 Å². The molecule has 2 aromatic rings. The van der Waals surface area contributed by atoms with Crippen molar-refractivity contribution in [3.63, 3.8) is 0 Å². The van der Waals surface area contributed by atoms with E-state index in [1.54, 1.807) is 18.2 Å². The Balaban J connectivity index is 2.45. The minimum atomic E-state index is -0.988. The standard InChI is InChI=1S/C15H14ClFO3/c1-19-13-6-4-10(16)8-11(13)15(18)9-3-5-12(17)14(7-9)20-2/h3-8,15,18H,1-2H3. The van der Waals surface area contributed by atoms with Crippen LogP contribution in [0.1, 0.15) is 17.2 Å². The number of hydrogen-bond donors (Lipinski definition) is 1. The number of benzene rings is 2. The van der Waals surface area contributed by atoms with Gasteiger partial charge >= 0.3 is 0 Å². The summed E-state index contributed by atoms with van der Waals surface area (Å²) in [5.74, 6) is 0.0919. The highest BCUT2D eigenvalue weighted by Crippen LogP contribution is 2.33. The van der Waals surface area contributed by atoms with Crippen molar-refractivity contribution in [1.82, 2.24) is 0 Å². The molecule has 0 spiro atoms. The van der Waals surface area contributed by atoms with Crippen LogP contribution in [0.25, 0.3) is 0 Å². The molecular weight excluding hydrogens is 283 g/mol. The van der Waals surface area contributed by atoms with Crippen molar-refractivity contribution in [2.45, 2.75) is 6.10 Å². The van der Waals surface area contributed by atoms with Crippen LogP contribution in [-0.4, -0.2) is 19.3 Å². The summed E-state index contributed by atoms with van der Waals surface area (Å²) >= 11 is 5.94. The second-order valence-electron chi connectivity index (χ2n) is 4.18. The second-order valence-corrected chi connectivity index (χ2v) is 4.62. The lowest BCUT2D eigenvalue weighted by atomic mass is 10.0. The zero-order chi connectivity index (χ0) is 14.7. The molecular formula is C15H14ClFO3. The Hall–Kier alpha value is -1.78. The van der Waals surface area contributed by atoms with E-state index < -0.39 is 11.9 Å². The molecule has 0 saturated heterocycles. The van der Waals surface area contributed by atoms with E-state index in [0.29, 0.717) is 21.9 Å². The fraction of sp³-hybridized carbons (Fsp3) is 0.200. The van der Waals surface area contributed by atoms with E-state index >= 15 is 0 Å². The Morgan fingerprint density at radius 2 is 1.75 bits per heavy atom. The Labute approximate surface area is 121 Å². The number of halogens is 2. The van der Waals surface area contributed by atoms with E-state index in [1.807, 2.05) is 0 Å². The SMILES string of the molecule is COc1cc(C(O)c2cc(Cl)ccc2OC)ccc1F. The summed E-state index contributed by atoms with van der Waals surface area (Å²) in [6, 6.07) is 9.13. The predicted octanol–water partition coefficient (Wildman–Crippen LogP) is 3.58. The summed E-state index contributed by atoms with van der Waals surface area (Å²) in [5.41, 5.74) is 0.998. The maximum absolute atomic E-state index is 13.4. The van der Waals surface area contributed by atoms with Gasteiger partial charge in [0.2, 0.25) is 0 Å². The predicted molar refractivity (Wildman–Crippen MR) is 75.0 cm³/mol. The second kappa shape index (κ2) is 6.11. The van der Waals surface area contributed by atoms with Crippen molar-refractivity contribution in [3.8, 4) is 11.5 Å². The van der Waals surface area contributed by atoms with Gasteiger partial charge in [-0.2, -0.15) is 0 Å². The normalized spacial score (nSPS) is 12.1. The van der Waals surface area contributed by atoms with Crippen LogP contribution in [0.3, 0.4) is 0 Å². The minimum absolute atomic E-state index is 0.0718. The third-order valence-corrected chi connectivity index (χ3v) is 3.21. The van der Waals surface area contributed by atoms with Crippen molar-refractivity contribution >= 4 is 11.6 Å². The van der Waals surface area contributed by atoms with E-state index in [0.717, 1.165) is 0 Å². The van der Waals surface area contributed by atoms with Gasteiger partial charge < -0.3 is 14.6 Å². The minimum Gasteiger partial charge on any atom is -0.496 e. The average Bonchev–Trinajstić information content (AvgIpc) is 2.47. The van der Waals surface area contributed by atoms with Gasteiger partial charge in [0.1, 0.15) is 11.9 Å². The summed E-state index contributed by atoms with van der Waals surface area (Å²) in [7, 11) is 2.87. The maximum atomic E-state index is 13.4. The monoisotopic (exact) mass is 296 g/mol. The Bertz CT molecular complexity index is 616. The number of aliphatic hydroxyl groups excluding tert-OH is 1. The van der Waals surface area contributed by atoms with Crippen LogP contribution in [0, 0.1) is 5.82 Å². The van der Waals surface area contributed by atoms with Gasteiger partial charge in [0.15, 0.2) is 11.6 Å². The molecule has 106 valence electrons. The first-order valence-corrected chi connectivity index (χ1v) is 6.29. The smallest absolute Gasteiger partial charge is 0.165 e. The van der Waals surface area contributed by atoms with Crippen LogP contribution in [0.15, 0.2) is 36.4 Å². The lowest BCUT2D eigenvalue weighted by Crippen LogP contribution is -2.03. The van der Waals surface area contributed by atoms with Crippen LogP contribution in [0.5, 0.6) is 11.5 Å². The van der Waals surface area contributed by atoms with Crippen molar-refractivity contribution in [1.29, 1.82) is 0 Å². The van der Waals surface area contributed by atoms with Crippen LogP contribution in [0.4, 0.5) is 4.39 Å². The summed E-state index contributed by atoms with van der Waals surface area (Å²) in [5, 5.41) is 10.9. The number of aliphatic hydroxyl groups is 1. The van der Waals surface area contributed by atoms with Crippen molar-refractivity contribution in [2.24, 2.45) is 0 Å². The number of methoxy groups -OCH3 is 2. The topological polar surface area (TPSA) is 38.7 Å². The fourth-order valence-corrected chi connectivity index (χ4v) is 2.13. The van der Waals surface area contributed by atoms with Crippen LogP contribution >= 0.6 is 11.6 Å². The number of ether oxygens (including phenoxy) is 2. The van der Waals surface area contributed by atoms with E-state index in [1.165, 1.54) is 32.4 Å². The van der Waals surface area contributed by atoms with Gasteiger partial charge in [-0.25, -0.2) is 4.39 Å². The first kappa shape index (κ1) is 14.6. The highest BCUT2D eigenvalue weighted by molar-refractivity contribution is 6.30. The van der Waals surface area contributed by atoms with Crippen LogP contribution < -0.4 is 9.47 Å². The van der Waals surface area contributed by atoms with Crippen LogP contribution in [-0.2, 0) is 0 Å². The first-order chi connectivity index (χ1) is 9.56. The Kier molecular flexibility index (Phi) is 4.47. The third-order valence-electron chi connectivity index (χ3n) is 2.98. The molecule has 0 fully saturated rings. The Morgan fingerprint density at radius 3 is 2.40 bits per heavy atom. The molecule has 0 aliphatic rings. The van der Waals surface area contributed by atoms with Gasteiger partial charge in [0, 0.05) is 10.6 Å². The molecule has 5 heteroatoms. The molecule has 0 bridgehead atoms. The van der Waals surface area contributed by atoms with Crippen molar-refractivity contribution < 1.29 is 19.0 Å². The van der Waals surface area contributed by atoms with Gasteiger partial charge in [-0.1, -0.05) is 17.7 Å². The van der Waals surface area contributed by atoms with Crippen molar-refractivity contribution in [2.75, 3.05) is 14.2 Å². The molecule has 0 heterocycles. The number of rotatable bonds is 4. The van der Waals surface area contributed by atoms with E-state index in [9.17, 15) is 9.50 Å². The molecule has 1 unspecified atom stereocenters. The molecule has 3 nitrogen and oxygen atoms in total. The maximum Gasteiger partial charge on any atom is 0.165 e. The Morgan fingerprint density at radius 1 is 1.05 bits per heavy atom. The zero-order valence-corrected chi connectivity index (χ0v) is 11.8. The van der Waals surface area contributed by atoms with Gasteiger partial charge in [-0.15, -0.1) is 0 Å². The molecule has 20 heavy (non-hydrogen) atoms. The summed E-state index contributed by atoms with van der Waals surface area (Å²) in [6.45, 7) is 0. The van der Waals surface area contributed by atoms with Crippen molar-refractivity contribution in [3.05, 3.63) is 58.4 Å². The average molecular weight is 297 g/mol. The summed E-state index contributed by atoms with van der Waals surface area (Å²) < 4.78 is 23.5. The quantitative estimate of drug-likeness (QED) is 0.937. The molecule has 1 N–H and O–H groups in total. The highest BCUT2D eigenvalue weighted by atomic mass is 35.5.